The molecule has 0 fully saturated rings. The maximum Gasteiger partial charge on any atom is 0.115 e. The molecule has 1 aromatic heterocycles. The molecule has 0 atom stereocenters. The smallest absolute Gasteiger partial charge is 0.115 e. The van der Waals surface area contributed by atoms with Gasteiger partial charge in [0.2, 0.25) is 0 Å². The van der Waals surface area contributed by atoms with E-state index in [0.29, 0.717) is 0 Å². The van der Waals surface area contributed by atoms with Crippen LogP contribution >= 0.6 is 0 Å². The van der Waals surface area contributed by atoms with Crippen molar-refractivity contribution in [2.45, 2.75) is 0 Å². The van der Waals surface area contributed by atoms with Crippen LogP contribution in [-0.2, 0) is 0 Å². The van der Waals surface area contributed by atoms with Crippen molar-refractivity contribution >= 4 is 16.5 Å². The van der Waals surface area contributed by atoms with E-state index in [1.807, 2.05) is 30.3 Å². The Kier molecular flexibility index (Phi) is 2.38. The Morgan fingerprint density at radius 2 is 1.94 bits per heavy atom. The summed E-state index contributed by atoms with van der Waals surface area (Å²) < 4.78 is 0. The van der Waals surface area contributed by atoms with Crippen LogP contribution in [0.15, 0.2) is 65.1 Å². The van der Waals surface area contributed by atoms with Gasteiger partial charge in [-0.1, -0.05) is 36.4 Å². The van der Waals surface area contributed by atoms with Crippen LogP contribution in [0.25, 0.3) is 10.8 Å². The second-order valence-corrected chi connectivity index (χ2v) is 3.55. The fourth-order valence-corrected chi connectivity index (χ4v) is 1.67. The largest absolute Gasteiger partial charge is 0.147 e. The van der Waals surface area contributed by atoms with Gasteiger partial charge in [0.15, 0.2) is 0 Å². The highest BCUT2D eigenvalue weighted by Crippen LogP contribution is 2.25. The molecule has 3 rings (SSSR count). The average Bonchev–Trinajstić information content (AvgIpc) is 2.89. The van der Waals surface area contributed by atoms with Crippen molar-refractivity contribution < 1.29 is 0 Å². The van der Waals surface area contributed by atoms with E-state index >= 15 is 0 Å². The Morgan fingerprint density at radius 3 is 2.82 bits per heavy atom. The zero-order valence-electron chi connectivity index (χ0n) is 8.99. The molecule has 4 heteroatoms. The fourth-order valence-electron chi connectivity index (χ4n) is 1.67. The van der Waals surface area contributed by atoms with Gasteiger partial charge < -0.3 is 0 Å². The average molecular weight is 221 g/mol. The summed E-state index contributed by atoms with van der Waals surface area (Å²) >= 11 is 0. The van der Waals surface area contributed by atoms with Gasteiger partial charge in [0.25, 0.3) is 0 Å². The standard InChI is InChI=1S/C13H9N4/c1-2-7-12-11(5-1)6-3-8-13(12)15-16-17-10-4-9-14-17/h1-8,10H/b16-15+. The topological polar surface area (TPSA) is 42.5 Å². The minimum Gasteiger partial charge on any atom is -0.147 e. The zero-order chi connectivity index (χ0) is 11.5. The highest BCUT2D eigenvalue weighted by Gasteiger charge is 1.98. The fraction of sp³-hybridized carbons (Fsp3) is 0. The predicted octanol–water partition coefficient (Wildman–Crippen LogP) is 3.38. The molecule has 0 saturated carbocycles. The van der Waals surface area contributed by atoms with Crippen molar-refractivity contribution in [3.63, 3.8) is 0 Å². The molecule has 0 unspecified atom stereocenters. The number of rotatable bonds is 2. The van der Waals surface area contributed by atoms with Crippen LogP contribution in [0.1, 0.15) is 0 Å². The van der Waals surface area contributed by atoms with Gasteiger partial charge in [0.05, 0.1) is 11.9 Å². The monoisotopic (exact) mass is 221 g/mol. The first kappa shape index (κ1) is 9.72. The van der Waals surface area contributed by atoms with Crippen LogP contribution in [0, 0.1) is 6.20 Å². The van der Waals surface area contributed by atoms with Gasteiger partial charge in [0.1, 0.15) is 6.20 Å². The molecular weight excluding hydrogens is 212 g/mol. The summed E-state index contributed by atoms with van der Waals surface area (Å²) in [5.41, 5.74) is 0.832. The maximum absolute atomic E-state index is 4.18. The van der Waals surface area contributed by atoms with Crippen LogP contribution < -0.4 is 0 Å². The van der Waals surface area contributed by atoms with Crippen molar-refractivity contribution in [3.05, 3.63) is 60.9 Å². The van der Waals surface area contributed by atoms with E-state index in [4.69, 9.17) is 0 Å². The molecule has 1 heterocycles. The molecular formula is C13H9N4. The van der Waals surface area contributed by atoms with Gasteiger partial charge in [-0.05, 0) is 22.7 Å². The molecule has 0 aliphatic heterocycles. The van der Waals surface area contributed by atoms with Gasteiger partial charge in [-0.25, -0.2) is 0 Å². The van der Waals surface area contributed by atoms with Gasteiger partial charge in [0, 0.05) is 5.39 Å². The Balaban J connectivity index is 2.06. The normalized spacial score (nSPS) is 11.3. The number of fused-ring (bicyclic) bond motifs is 1. The van der Waals surface area contributed by atoms with E-state index in [9.17, 15) is 0 Å². The second-order valence-electron chi connectivity index (χ2n) is 3.55. The molecule has 3 aromatic rings. The van der Waals surface area contributed by atoms with Crippen LogP contribution in [0.5, 0.6) is 0 Å². The Bertz CT molecular complexity index is 651. The molecule has 4 nitrogen and oxygen atoms in total. The van der Waals surface area contributed by atoms with Crippen molar-refractivity contribution in [1.29, 1.82) is 0 Å². The molecule has 0 N–H and O–H groups in total. The van der Waals surface area contributed by atoms with Gasteiger partial charge in [-0.2, -0.15) is 0 Å². The third-order valence-electron chi connectivity index (χ3n) is 2.45. The van der Waals surface area contributed by atoms with E-state index in [2.05, 4.69) is 33.8 Å². The van der Waals surface area contributed by atoms with E-state index in [0.717, 1.165) is 16.5 Å². The summed E-state index contributed by atoms with van der Waals surface area (Å²) in [7, 11) is 0. The summed E-state index contributed by atoms with van der Waals surface area (Å²) in [6.45, 7) is 0. The van der Waals surface area contributed by atoms with Crippen LogP contribution in [0.2, 0.25) is 0 Å². The number of hydrogen-bond donors (Lipinski definition) is 0. The molecule has 0 aliphatic rings. The Morgan fingerprint density at radius 1 is 1.06 bits per heavy atom. The molecule has 0 bridgehead atoms. The third kappa shape index (κ3) is 1.92. The third-order valence-corrected chi connectivity index (χ3v) is 2.45. The van der Waals surface area contributed by atoms with E-state index in [1.165, 1.54) is 4.79 Å². The van der Waals surface area contributed by atoms with Crippen molar-refractivity contribution in [2.75, 3.05) is 0 Å². The lowest BCUT2D eigenvalue weighted by molar-refractivity contribution is 0.691. The first-order valence-electron chi connectivity index (χ1n) is 5.25. The summed E-state index contributed by atoms with van der Waals surface area (Å²) in [5.74, 6) is 0. The van der Waals surface area contributed by atoms with Gasteiger partial charge in [-0.15, -0.1) is 15.0 Å². The van der Waals surface area contributed by atoms with Crippen molar-refractivity contribution in [1.82, 2.24) is 9.89 Å². The van der Waals surface area contributed by atoms with E-state index in [1.54, 1.807) is 12.3 Å². The Labute approximate surface area is 98.2 Å². The minimum absolute atomic E-state index is 0.832. The summed E-state index contributed by atoms with van der Waals surface area (Å²) in [4.78, 5) is 1.38. The predicted molar refractivity (Wildman–Crippen MR) is 64.9 cm³/mol. The lowest BCUT2D eigenvalue weighted by atomic mass is 10.1. The van der Waals surface area contributed by atoms with Crippen LogP contribution in [0.3, 0.4) is 0 Å². The zero-order valence-corrected chi connectivity index (χ0v) is 8.99. The van der Waals surface area contributed by atoms with Gasteiger partial charge in [-0.3, -0.25) is 0 Å². The lowest BCUT2D eigenvalue weighted by Crippen LogP contribution is -1.85. The molecule has 0 aliphatic carbocycles. The first-order chi connectivity index (χ1) is 8.43. The van der Waals surface area contributed by atoms with E-state index < -0.39 is 0 Å². The van der Waals surface area contributed by atoms with Crippen LogP contribution in [0.4, 0.5) is 5.69 Å². The van der Waals surface area contributed by atoms with Crippen molar-refractivity contribution in [3.8, 4) is 0 Å². The quantitative estimate of drug-likeness (QED) is 0.611. The summed E-state index contributed by atoms with van der Waals surface area (Å²) in [6.07, 6.45) is 4.35. The SMILES string of the molecule is [c]1ccn(/N=N/c2cccc3ccccc23)n1. The maximum atomic E-state index is 4.18. The number of aromatic nitrogens is 2. The molecule has 81 valence electrons. The first-order valence-corrected chi connectivity index (χ1v) is 5.25. The van der Waals surface area contributed by atoms with Crippen molar-refractivity contribution in [2.24, 2.45) is 10.3 Å². The number of nitrogens with zero attached hydrogens (tertiary/aromatic N) is 4. The van der Waals surface area contributed by atoms with Gasteiger partial charge >= 0.3 is 0 Å². The molecule has 0 amide bonds. The highest BCUT2D eigenvalue weighted by atomic mass is 15.6. The summed E-state index contributed by atoms with van der Waals surface area (Å²) in [5, 5.41) is 14.2. The Hall–Kier alpha value is -2.49. The minimum atomic E-state index is 0.832. The highest BCUT2D eigenvalue weighted by molar-refractivity contribution is 5.92. The van der Waals surface area contributed by atoms with E-state index in [-0.39, 0.29) is 0 Å². The van der Waals surface area contributed by atoms with Crippen LogP contribution in [-0.4, -0.2) is 9.89 Å². The molecule has 0 spiro atoms. The second kappa shape index (κ2) is 4.17. The molecule has 0 saturated heterocycles. The lowest BCUT2D eigenvalue weighted by Gasteiger charge is -1.99. The molecule has 1 radical (unpaired) electrons. The molecule has 17 heavy (non-hydrogen) atoms. The number of benzene rings is 2. The number of hydrogen-bond acceptors (Lipinski definition) is 3. The molecule has 2 aromatic carbocycles. The summed E-state index contributed by atoms with van der Waals surface area (Å²) in [6, 6.07) is 15.7.